The van der Waals surface area contributed by atoms with Gasteiger partial charge >= 0.3 is 5.97 Å². The van der Waals surface area contributed by atoms with Gasteiger partial charge in [-0.2, -0.15) is 0 Å². The zero-order valence-corrected chi connectivity index (χ0v) is 10.1. The summed E-state index contributed by atoms with van der Waals surface area (Å²) in [5, 5.41) is 0.998. The van der Waals surface area contributed by atoms with Crippen molar-refractivity contribution >= 4 is 16.9 Å². The molecule has 0 saturated carbocycles. The molecule has 0 amide bonds. The van der Waals surface area contributed by atoms with Crippen LogP contribution in [0.1, 0.15) is 16.1 Å². The third-order valence-electron chi connectivity index (χ3n) is 2.74. The molecule has 0 aliphatic heterocycles. The van der Waals surface area contributed by atoms with Gasteiger partial charge in [-0.3, -0.25) is 4.98 Å². The number of pyridine rings is 1. The Morgan fingerprint density at radius 2 is 1.95 bits per heavy atom. The first kappa shape index (κ1) is 11.5. The molecule has 4 nitrogen and oxygen atoms in total. The number of furan rings is 1. The maximum absolute atomic E-state index is 11.7. The minimum absolute atomic E-state index is 0.121. The van der Waals surface area contributed by atoms with Crippen LogP contribution in [0.25, 0.3) is 11.0 Å². The van der Waals surface area contributed by atoms with Crippen molar-refractivity contribution in [3.05, 3.63) is 66.2 Å². The van der Waals surface area contributed by atoms with E-state index in [2.05, 4.69) is 4.98 Å². The molecule has 0 aliphatic carbocycles. The summed E-state index contributed by atoms with van der Waals surface area (Å²) < 4.78 is 10.7. The van der Waals surface area contributed by atoms with E-state index in [4.69, 9.17) is 9.15 Å². The van der Waals surface area contributed by atoms with Crippen LogP contribution in [0.3, 0.4) is 0 Å². The summed E-state index contributed by atoms with van der Waals surface area (Å²) in [5.41, 5.74) is 1.27. The topological polar surface area (TPSA) is 52.3 Å². The Bertz CT molecular complexity index is 670. The summed E-state index contributed by atoms with van der Waals surface area (Å²) in [6.45, 7) is 0.121. The van der Waals surface area contributed by atoms with E-state index in [0.29, 0.717) is 11.3 Å². The van der Waals surface area contributed by atoms with Gasteiger partial charge in [0.05, 0.1) is 5.56 Å². The molecule has 0 unspecified atom stereocenters. The van der Waals surface area contributed by atoms with E-state index < -0.39 is 0 Å². The van der Waals surface area contributed by atoms with Gasteiger partial charge in [0.1, 0.15) is 18.0 Å². The highest BCUT2D eigenvalue weighted by Crippen LogP contribution is 2.19. The fourth-order valence-corrected chi connectivity index (χ4v) is 1.82. The smallest absolute Gasteiger partial charge is 0.338 e. The second kappa shape index (κ2) is 4.94. The minimum Gasteiger partial charge on any atom is -0.457 e. The molecular formula is C15H11NO3. The van der Waals surface area contributed by atoms with Crippen LogP contribution < -0.4 is 0 Å². The van der Waals surface area contributed by atoms with Gasteiger partial charge in [0.25, 0.3) is 0 Å². The van der Waals surface area contributed by atoms with E-state index in [1.807, 2.05) is 30.3 Å². The van der Waals surface area contributed by atoms with Crippen molar-refractivity contribution in [2.24, 2.45) is 0 Å². The van der Waals surface area contributed by atoms with E-state index in [9.17, 15) is 4.79 Å². The zero-order valence-electron chi connectivity index (χ0n) is 10.1. The highest BCUT2D eigenvalue weighted by molar-refractivity contribution is 5.89. The van der Waals surface area contributed by atoms with Gasteiger partial charge < -0.3 is 9.15 Å². The lowest BCUT2D eigenvalue weighted by Gasteiger charge is -2.01. The molecule has 19 heavy (non-hydrogen) atoms. The fourth-order valence-electron chi connectivity index (χ4n) is 1.82. The highest BCUT2D eigenvalue weighted by atomic mass is 16.5. The Balaban J connectivity index is 1.71. The molecule has 0 N–H and O–H groups in total. The lowest BCUT2D eigenvalue weighted by atomic mass is 10.2. The average Bonchev–Trinajstić information content (AvgIpc) is 2.88. The Labute approximate surface area is 109 Å². The van der Waals surface area contributed by atoms with Crippen molar-refractivity contribution < 1.29 is 13.9 Å². The largest absolute Gasteiger partial charge is 0.457 e. The lowest BCUT2D eigenvalue weighted by molar-refractivity contribution is 0.0447. The van der Waals surface area contributed by atoms with Gasteiger partial charge in [0.15, 0.2) is 0 Å². The number of carbonyl (C=O) groups excluding carboxylic acids is 1. The molecule has 4 heteroatoms. The van der Waals surface area contributed by atoms with Gasteiger partial charge in [0, 0.05) is 17.8 Å². The van der Waals surface area contributed by atoms with Crippen LogP contribution in [0.4, 0.5) is 0 Å². The van der Waals surface area contributed by atoms with Crippen LogP contribution in [-0.2, 0) is 11.3 Å². The monoisotopic (exact) mass is 253 g/mol. The lowest BCUT2D eigenvalue weighted by Crippen LogP contribution is -2.04. The predicted molar refractivity (Wildman–Crippen MR) is 69.6 cm³/mol. The number of hydrogen-bond acceptors (Lipinski definition) is 4. The summed E-state index contributed by atoms with van der Waals surface area (Å²) in [5.74, 6) is 0.242. The number of ether oxygens (including phenoxy) is 1. The molecule has 0 fully saturated rings. The summed E-state index contributed by atoms with van der Waals surface area (Å²) in [4.78, 5) is 15.6. The molecule has 0 bridgehead atoms. The predicted octanol–water partition coefficient (Wildman–Crippen LogP) is 3.18. The number of rotatable bonds is 3. The number of para-hydroxylation sites is 1. The number of fused-ring (bicyclic) bond motifs is 1. The van der Waals surface area contributed by atoms with Crippen molar-refractivity contribution in [2.45, 2.75) is 6.61 Å². The molecule has 0 spiro atoms. The van der Waals surface area contributed by atoms with Gasteiger partial charge in [-0.1, -0.05) is 18.2 Å². The summed E-state index contributed by atoms with van der Waals surface area (Å²) in [6, 6.07) is 12.8. The van der Waals surface area contributed by atoms with E-state index >= 15 is 0 Å². The molecule has 3 aromatic rings. The normalized spacial score (nSPS) is 10.5. The second-order valence-corrected chi connectivity index (χ2v) is 4.06. The maximum atomic E-state index is 11.7. The third-order valence-corrected chi connectivity index (χ3v) is 2.74. The Morgan fingerprint density at radius 1 is 1.16 bits per heavy atom. The average molecular weight is 253 g/mol. The van der Waals surface area contributed by atoms with Crippen LogP contribution in [-0.4, -0.2) is 11.0 Å². The fraction of sp³-hybridized carbons (Fsp3) is 0.0667. The number of carbonyl (C=O) groups is 1. The SMILES string of the molecule is O=C(OCc1cc2ccccc2o1)c1ccncc1. The van der Waals surface area contributed by atoms with Crippen LogP contribution in [0.15, 0.2) is 59.3 Å². The van der Waals surface area contributed by atoms with Crippen molar-refractivity contribution in [1.29, 1.82) is 0 Å². The van der Waals surface area contributed by atoms with Crippen molar-refractivity contribution in [2.75, 3.05) is 0 Å². The van der Waals surface area contributed by atoms with Gasteiger partial charge in [-0.05, 0) is 24.3 Å². The molecular weight excluding hydrogens is 242 g/mol. The molecule has 0 atom stereocenters. The van der Waals surface area contributed by atoms with Crippen LogP contribution >= 0.6 is 0 Å². The minimum atomic E-state index is -0.386. The molecule has 94 valence electrons. The second-order valence-electron chi connectivity index (χ2n) is 4.06. The van der Waals surface area contributed by atoms with E-state index in [-0.39, 0.29) is 12.6 Å². The number of esters is 1. The Morgan fingerprint density at radius 3 is 2.74 bits per heavy atom. The summed E-state index contributed by atoms with van der Waals surface area (Å²) in [6.07, 6.45) is 3.11. The third kappa shape index (κ3) is 2.47. The van der Waals surface area contributed by atoms with Crippen LogP contribution in [0.5, 0.6) is 0 Å². The first-order chi connectivity index (χ1) is 9.33. The Kier molecular flexibility index (Phi) is 2.98. The standard InChI is InChI=1S/C15H11NO3/c17-15(11-5-7-16-8-6-11)18-10-13-9-12-3-1-2-4-14(12)19-13/h1-9H,10H2. The quantitative estimate of drug-likeness (QED) is 0.673. The van der Waals surface area contributed by atoms with Crippen molar-refractivity contribution in [3.8, 4) is 0 Å². The van der Waals surface area contributed by atoms with Gasteiger partial charge in [-0.25, -0.2) is 4.79 Å². The first-order valence-corrected chi connectivity index (χ1v) is 5.87. The summed E-state index contributed by atoms with van der Waals surface area (Å²) in [7, 11) is 0. The number of benzene rings is 1. The number of hydrogen-bond donors (Lipinski definition) is 0. The number of aromatic nitrogens is 1. The van der Waals surface area contributed by atoms with Gasteiger partial charge in [-0.15, -0.1) is 0 Å². The van der Waals surface area contributed by atoms with Crippen LogP contribution in [0.2, 0.25) is 0 Å². The van der Waals surface area contributed by atoms with E-state index in [0.717, 1.165) is 11.0 Å². The van der Waals surface area contributed by atoms with Gasteiger partial charge in [0.2, 0.25) is 0 Å². The molecule has 0 saturated heterocycles. The summed E-state index contributed by atoms with van der Waals surface area (Å²) >= 11 is 0. The van der Waals surface area contributed by atoms with Crippen LogP contribution in [0, 0.1) is 0 Å². The number of nitrogens with zero attached hydrogens (tertiary/aromatic N) is 1. The molecule has 1 aromatic carbocycles. The zero-order chi connectivity index (χ0) is 13.1. The molecule has 2 aromatic heterocycles. The molecule has 3 rings (SSSR count). The molecule has 0 radical (unpaired) electrons. The van der Waals surface area contributed by atoms with Crippen molar-refractivity contribution in [3.63, 3.8) is 0 Å². The first-order valence-electron chi connectivity index (χ1n) is 5.87. The highest BCUT2D eigenvalue weighted by Gasteiger charge is 2.09. The van der Waals surface area contributed by atoms with Crippen molar-refractivity contribution in [1.82, 2.24) is 4.98 Å². The Hall–Kier alpha value is -2.62. The van der Waals surface area contributed by atoms with E-state index in [1.54, 1.807) is 24.5 Å². The van der Waals surface area contributed by atoms with E-state index in [1.165, 1.54) is 0 Å². The molecule has 2 heterocycles. The molecule has 0 aliphatic rings. The maximum Gasteiger partial charge on any atom is 0.338 e.